The molecule has 1 aliphatic heterocycles. The van der Waals surface area contributed by atoms with Crippen molar-refractivity contribution in [3.05, 3.63) is 35.9 Å². The van der Waals surface area contributed by atoms with E-state index in [1.165, 1.54) is 5.56 Å². The zero-order valence-corrected chi connectivity index (χ0v) is 17.5. The number of rotatable bonds is 7. The highest BCUT2D eigenvalue weighted by molar-refractivity contribution is 5.80. The number of guanidine groups is 1. The van der Waals surface area contributed by atoms with Crippen molar-refractivity contribution in [2.45, 2.75) is 39.4 Å². The SMILES string of the molecule is CN=C(NCCNC(=O)OC(C)(C)C)N1CCC(COCc2ccccc2)C1. The number of ether oxygens (including phenoxy) is 2. The lowest BCUT2D eigenvalue weighted by Gasteiger charge is -2.22. The van der Waals surface area contributed by atoms with E-state index in [9.17, 15) is 4.79 Å². The van der Waals surface area contributed by atoms with Gasteiger partial charge in [0.05, 0.1) is 13.2 Å². The minimum atomic E-state index is -0.485. The van der Waals surface area contributed by atoms with E-state index in [1.807, 2.05) is 39.0 Å². The second-order valence-electron chi connectivity index (χ2n) is 8.00. The molecular weight excluding hydrogens is 356 g/mol. The Morgan fingerprint density at radius 3 is 2.61 bits per heavy atom. The fourth-order valence-corrected chi connectivity index (χ4v) is 3.06. The van der Waals surface area contributed by atoms with Crippen LogP contribution in [-0.2, 0) is 16.1 Å². The number of nitrogens with one attached hydrogen (secondary N) is 2. The first-order valence-electron chi connectivity index (χ1n) is 9.91. The highest BCUT2D eigenvalue weighted by Gasteiger charge is 2.25. The van der Waals surface area contributed by atoms with Crippen molar-refractivity contribution in [2.75, 3.05) is 39.8 Å². The van der Waals surface area contributed by atoms with Gasteiger partial charge in [-0.2, -0.15) is 0 Å². The summed E-state index contributed by atoms with van der Waals surface area (Å²) in [4.78, 5) is 18.3. The lowest BCUT2D eigenvalue weighted by atomic mass is 10.1. The van der Waals surface area contributed by atoms with Crippen molar-refractivity contribution >= 4 is 12.1 Å². The molecule has 28 heavy (non-hydrogen) atoms. The Kier molecular flexibility index (Phi) is 8.57. The van der Waals surface area contributed by atoms with Gasteiger partial charge in [-0.15, -0.1) is 0 Å². The Hall–Kier alpha value is -2.28. The maximum atomic E-state index is 11.7. The Morgan fingerprint density at radius 2 is 1.93 bits per heavy atom. The van der Waals surface area contributed by atoms with Crippen molar-refractivity contribution in [3.63, 3.8) is 0 Å². The lowest BCUT2D eigenvalue weighted by Crippen LogP contribution is -2.44. The molecule has 1 aromatic carbocycles. The van der Waals surface area contributed by atoms with Crippen LogP contribution in [0.2, 0.25) is 0 Å². The number of nitrogens with zero attached hydrogens (tertiary/aromatic N) is 2. The Balaban J connectivity index is 1.63. The van der Waals surface area contributed by atoms with E-state index in [0.29, 0.717) is 25.6 Å². The van der Waals surface area contributed by atoms with Gasteiger partial charge in [-0.1, -0.05) is 30.3 Å². The van der Waals surface area contributed by atoms with Gasteiger partial charge in [-0.25, -0.2) is 4.79 Å². The smallest absolute Gasteiger partial charge is 0.407 e. The van der Waals surface area contributed by atoms with E-state index in [1.54, 1.807) is 7.05 Å². The van der Waals surface area contributed by atoms with E-state index in [4.69, 9.17) is 9.47 Å². The summed E-state index contributed by atoms with van der Waals surface area (Å²) >= 11 is 0. The first-order valence-corrected chi connectivity index (χ1v) is 9.91. The van der Waals surface area contributed by atoms with Crippen LogP contribution in [0, 0.1) is 5.92 Å². The van der Waals surface area contributed by atoms with Crippen LogP contribution in [0.5, 0.6) is 0 Å². The Bertz CT molecular complexity index is 628. The number of alkyl carbamates (subject to hydrolysis) is 1. The summed E-state index contributed by atoms with van der Waals surface area (Å²) in [5, 5.41) is 6.04. The highest BCUT2D eigenvalue weighted by atomic mass is 16.6. The summed E-state index contributed by atoms with van der Waals surface area (Å²) in [5.41, 5.74) is 0.716. The van der Waals surface area contributed by atoms with Crippen LogP contribution in [-0.4, -0.2) is 62.4 Å². The fraction of sp³-hybridized carbons (Fsp3) is 0.619. The van der Waals surface area contributed by atoms with E-state index >= 15 is 0 Å². The van der Waals surface area contributed by atoms with Crippen molar-refractivity contribution in [1.82, 2.24) is 15.5 Å². The Labute approximate surface area is 168 Å². The number of benzene rings is 1. The number of aliphatic imine (C=N–C) groups is 1. The topological polar surface area (TPSA) is 75.2 Å². The number of hydrogen-bond acceptors (Lipinski definition) is 4. The van der Waals surface area contributed by atoms with Crippen molar-refractivity contribution in [3.8, 4) is 0 Å². The lowest BCUT2D eigenvalue weighted by molar-refractivity contribution is 0.0528. The largest absolute Gasteiger partial charge is 0.444 e. The maximum Gasteiger partial charge on any atom is 0.407 e. The fourth-order valence-electron chi connectivity index (χ4n) is 3.06. The molecule has 156 valence electrons. The normalized spacial score (nSPS) is 17.5. The number of likely N-dealkylation sites (tertiary alicyclic amines) is 1. The molecule has 0 aliphatic carbocycles. The molecule has 1 amide bonds. The van der Waals surface area contributed by atoms with Crippen molar-refractivity contribution in [1.29, 1.82) is 0 Å². The third-order valence-electron chi connectivity index (χ3n) is 4.34. The summed E-state index contributed by atoms with van der Waals surface area (Å²) in [5.74, 6) is 1.36. The van der Waals surface area contributed by atoms with Gasteiger partial charge >= 0.3 is 6.09 Å². The van der Waals surface area contributed by atoms with E-state index in [0.717, 1.165) is 32.1 Å². The molecule has 7 nitrogen and oxygen atoms in total. The average Bonchev–Trinajstić information content (AvgIpc) is 3.10. The van der Waals surface area contributed by atoms with E-state index in [-0.39, 0.29) is 0 Å². The van der Waals surface area contributed by atoms with Crippen LogP contribution in [0.25, 0.3) is 0 Å². The van der Waals surface area contributed by atoms with Crippen molar-refractivity contribution in [2.24, 2.45) is 10.9 Å². The monoisotopic (exact) mass is 390 g/mol. The van der Waals surface area contributed by atoms with E-state index < -0.39 is 11.7 Å². The molecule has 1 saturated heterocycles. The van der Waals surface area contributed by atoms with Gasteiger partial charge in [0, 0.05) is 39.1 Å². The highest BCUT2D eigenvalue weighted by Crippen LogP contribution is 2.17. The number of hydrogen-bond donors (Lipinski definition) is 2. The molecule has 1 unspecified atom stereocenters. The standard InChI is InChI=1S/C21H34N4O3/c1-21(2,3)28-20(26)24-12-11-23-19(22-4)25-13-10-18(14-25)16-27-15-17-8-6-5-7-9-17/h5-9,18H,10-16H2,1-4H3,(H,22,23)(H,24,26). The van der Waals surface area contributed by atoms with E-state index in [2.05, 4.69) is 32.7 Å². The Morgan fingerprint density at radius 1 is 1.21 bits per heavy atom. The molecule has 1 heterocycles. The molecule has 1 aromatic rings. The zero-order valence-electron chi connectivity index (χ0n) is 17.5. The molecule has 0 aromatic heterocycles. The van der Waals surface area contributed by atoms with Gasteiger partial charge in [0.25, 0.3) is 0 Å². The second-order valence-corrected chi connectivity index (χ2v) is 8.00. The van der Waals surface area contributed by atoms with Gasteiger partial charge in [-0.05, 0) is 32.8 Å². The van der Waals surface area contributed by atoms with Crippen LogP contribution in [0.4, 0.5) is 4.79 Å². The minimum absolute atomic E-state index is 0.402. The summed E-state index contributed by atoms with van der Waals surface area (Å²) in [6.45, 7) is 9.90. The first-order chi connectivity index (χ1) is 13.4. The van der Waals surface area contributed by atoms with Gasteiger partial charge in [-0.3, -0.25) is 4.99 Å². The molecule has 2 N–H and O–H groups in total. The summed E-state index contributed by atoms with van der Waals surface area (Å²) in [6.07, 6.45) is 0.687. The van der Waals surface area contributed by atoms with Gasteiger partial charge in [0.15, 0.2) is 5.96 Å². The van der Waals surface area contributed by atoms with Crippen LogP contribution < -0.4 is 10.6 Å². The average molecular weight is 391 g/mol. The van der Waals surface area contributed by atoms with Gasteiger partial charge < -0.3 is 25.0 Å². The molecule has 0 radical (unpaired) electrons. The van der Waals surface area contributed by atoms with Crippen LogP contribution in [0.1, 0.15) is 32.8 Å². The minimum Gasteiger partial charge on any atom is -0.444 e. The van der Waals surface area contributed by atoms with Crippen molar-refractivity contribution < 1.29 is 14.3 Å². The molecule has 1 atom stereocenters. The molecule has 0 spiro atoms. The predicted molar refractivity (Wildman–Crippen MR) is 111 cm³/mol. The number of carbonyl (C=O) groups is 1. The van der Waals surface area contributed by atoms with Crippen LogP contribution >= 0.6 is 0 Å². The zero-order chi connectivity index (χ0) is 20.4. The van der Waals surface area contributed by atoms with Gasteiger partial charge in [0.1, 0.15) is 5.60 Å². The maximum absolute atomic E-state index is 11.7. The van der Waals surface area contributed by atoms with Crippen LogP contribution in [0.3, 0.4) is 0 Å². The van der Waals surface area contributed by atoms with Crippen LogP contribution in [0.15, 0.2) is 35.3 Å². The number of carbonyl (C=O) groups excluding carboxylic acids is 1. The molecule has 2 rings (SSSR count). The molecule has 0 bridgehead atoms. The molecular formula is C21H34N4O3. The predicted octanol–water partition coefficient (Wildman–Crippen LogP) is 2.63. The van der Waals surface area contributed by atoms with Gasteiger partial charge in [0.2, 0.25) is 0 Å². The third kappa shape index (κ3) is 8.17. The first kappa shape index (κ1) is 22.0. The molecule has 1 aliphatic rings. The second kappa shape index (κ2) is 10.9. The molecule has 1 fully saturated rings. The molecule has 0 saturated carbocycles. The quantitative estimate of drug-likeness (QED) is 0.425. The molecule has 7 heteroatoms. The summed E-state index contributed by atoms with van der Waals surface area (Å²) in [6, 6.07) is 10.2. The number of amides is 1. The summed E-state index contributed by atoms with van der Waals surface area (Å²) < 4.78 is 11.1. The third-order valence-corrected chi connectivity index (χ3v) is 4.34. The summed E-state index contributed by atoms with van der Waals surface area (Å²) in [7, 11) is 1.78.